The molecule has 23 heavy (non-hydrogen) atoms. The number of hydrogen-bond donors (Lipinski definition) is 1. The summed E-state index contributed by atoms with van der Waals surface area (Å²) in [5.74, 6) is -0.0738. The molecule has 0 aliphatic heterocycles. The Balaban J connectivity index is 1.70. The van der Waals surface area contributed by atoms with E-state index in [1.165, 1.54) is 11.3 Å². The summed E-state index contributed by atoms with van der Waals surface area (Å²) in [5, 5.41) is 3.93. The molecule has 0 unspecified atom stereocenters. The van der Waals surface area contributed by atoms with Crippen molar-refractivity contribution in [2.45, 2.75) is 20.4 Å². The van der Waals surface area contributed by atoms with Gasteiger partial charge in [0.15, 0.2) is 5.13 Å². The number of nitrogens with zero attached hydrogens (tertiary/aromatic N) is 3. The summed E-state index contributed by atoms with van der Waals surface area (Å²) >= 11 is 3.08. The van der Waals surface area contributed by atoms with Gasteiger partial charge in [-0.15, -0.1) is 11.3 Å². The number of amides is 1. The van der Waals surface area contributed by atoms with Gasteiger partial charge in [0.25, 0.3) is 5.91 Å². The minimum absolute atomic E-state index is 0.0738. The molecule has 0 atom stereocenters. The minimum Gasteiger partial charge on any atom is -0.349 e. The van der Waals surface area contributed by atoms with Crippen molar-refractivity contribution >= 4 is 43.2 Å². The Hall–Kier alpha value is -1.99. The lowest BCUT2D eigenvalue weighted by molar-refractivity contribution is 0.0954. The van der Waals surface area contributed by atoms with Gasteiger partial charge in [-0.2, -0.15) is 0 Å². The lowest BCUT2D eigenvalue weighted by Gasteiger charge is -2.16. The van der Waals surface area contributed by atoms with Crippen LogP contribution >= 0.6 is 22.7 Å². The number of aromatic nitrogens is 2. The molecular weight excluding hydrogens is 328 g/mol. The summed E-state index contributed by atoms with van der Waals surface area (Å²) in [6.45, 7) is 6.55. The molecule has 7 heteroatoms. The number of thiazole rings is 1. The predicted molar refractivity (Wildman–Crippen MR) is 96.5 cm³/mol. The number of pyridine rings is 1. The summed E-state index contributed by atoms with van der Waals surface area (Å²) in [5.41, 5.74) is 0.848. The smallest absolute Gasteiger partial charge is 0.261 e. The number of carbonyl (C=O) groups is 1. The molecule has 0 aliphatic carbocycles. The fourth-order valence-corrected chi connectivity index (χ4v) is 4.48. The van der Waals surface area contributed by atoms with E-state index in [4.69, 9.17) is 0 Å². The third kappa shape index (κ3) is 3.51. The summed E-state index contributed by atoms with van der Waals surface area (Å²) in [7, 11) is 0. The van der Waals surface area contributed by atoms with Gasteiger partial charge in [-0.25, -0.2) is 4.98 Å². The molecule has 0 radical (unpaired) electrons. The second-order valence-corrected chi connectivity index (χ2v) is 6.99. The fraction of sp³-hybridized carbons (Fsp3) is 0.312. The van der Waals surface area contributed by atoms with Crippen LogP contribution in [0.1, 0.15) is 29.2 Å². The Morgan fingerprint density at radius 3 is 2.74 bits per heavy atom. The molecule has 3 rings (SSSR count). The molecule has 3 aromatic heterocycles. The van der Waals surface area contributed by atoms with E-state index in [9.17, 15) is 4.79 Å². The zero-order chi connectivity index (χ0) is 16.2. The zero-order valence-corrected chi connectivity index (χ0v) is 14.7. The van der Waals surface area contributed by atoms with Crippen LogP contribution in [0.5, 0.6) is 0 Å². The largest absolute Gasteiger partial charge is 0.349 e. The normalized spacial score (nSPS) is 10.9. The number of nitrogens with one attached hydrogen (secondary N) is 1. The van der Waals surface area contributed by atoms with Crippen LogP contribution in [-0.2, 0) is 6.54 Å². The highest BCUT2D eigenvalue weighted by Crippen LogP contribution is 2.34. The van der Waals surface area contributed by atoms with Gasteiger partial charge in [0.05, 0.1) is 21.8 Å². The third-order valence-corrected chi connectivity index (χ3v) is 5.71. The Morgan fingerprint density at radius 1 is 1.26 bits per heavy atom. The van der Waals surface area contributed by atoms with Crippen molar-refractivity contribution in [2.75, 3.05) is 18.0 Å². The average molecular weight is 346 g/mol. The number of anilines is 1. The zero-order valence-electron chi connectivity index (χ0n) is 13.1. The lowest BCUT2D eigenvalue weighted by atomic mass is 10.3. The van der Waals surface area contributed by atoms with E-state index < -0.39 is 0 Å². The van der Waals surface area contributed by atoms with Gasteiger partial charge in [-0.3, -0.25) is 9.78 Å². The van der Waals surface area contributed by atoms with E-state index in [2.05, 4.69) is 34.0 Å². The number of fused-ring (bicyclic) bond motifs is 1. The highest BCUT2D eigenvalue weighted by Gasteiger charge is 2.15. The van der Waals surface area contributed by atoms with Gasteiger partial charge in [-0.1, -0.05) is 17.4 Å². The number of rotatable bonds is 6. The Kier molecular flexibility index (Phi) is 4.88. The van der Waals surface area contributed by atoms with Crippen LogP contribution in [0.25, 0.3) is 9.53 Å². The molecular formula is C16H18N4OS2. The van der Waals surface area contributed by atoms with Gasteiger partial charge in [0.1, 0.15) is 4.83 Å². The van der Waals surface area contributed by atoms with Crippen LogP contribution in [0.15, 0.2) is 30.5 Å². The standard InChI is InChI=1S/C16H18N4OS2/c1-3-20(4-2)16-19-15-13(23-16)9-12(22-15)14(21)18-10-11-7-5-6-8-17-11/h5-9H,3-4,10H2,1-2H3,(H,18,21). The van der Waals surface area contributed by atoms with Crippen molar-refractivity contribution in [1.82, 2.24) is 15.3 Å². The molecule has 0 aliphatic rings. The highest BCUT2D eigenvalue weighted by molar-refractivity contribution is 7.29. The van der Waals surface area contributed by atoms with Crippen molar-refractivity contribution < 1.29 is 4.79 Å². The Bertz CT molecular complexity index is 761. The molecule has 1 amide bonds. The second-order valence-electron chi connectivity index (χ2n) is 4.95. The van der Waals surface area contributed by atoms with Crippen LogP contribution < -0.4 is 10.2 Å². The molecule has 3 aromatic rings. The van der Waals surface area contributed by atoms with Crippen LogP contribution in [0.4, 0.5) is 5.13 Å². The van der Waals surface area contributed by atoms with Crippen molar-refractivity contribution in [3.8, 4) is 0 Å². The molecule has 1 N–H and O–H groups in total. The Morgan fingerprint density at radius 2 is 2.09 bits per heavy atom. The number of hydrogen-bond acceptors (Lipinski definition) is 6. The van der Waals surface area contributed by atoms with Crippen LogP contribution in [0.2, 0.25) is 0 Å². The van der Waals surface area contributed by atoms with Gasteiger partial charge in [0.2, 0.25) is 0 Å². The minimum atomic E-state index is -0.0738. The molecule has 0 fully saturated rings. The van der Waals surface area contributed by atoms with Crippen LogP contribution in [-0.4, -0.2) is 29.0 Å². The maximum Gasteiger partial charge on any atom is 0.261 e. The van der Waals surface area contributed by atoms with E-state index >= 15 is 0 Å². The van der Waals surface area contributed by atoms with E-state index in [-0.39, 0.29) is 5.91 Å². The third-order valence-electron chi connectivity index (χ3n) is 3.49. The summed E-state index contributed by atoms with van der Waals surface area (Å²) in [6, 6.07) is 7.59. The van der Waals surface area contributed by atoms with Crippen LogP contribution in [0.3, 0.4) is 0 Å². The second kappa shape index (κ2) is 7.06. The average Bonchev–Trinajstić information content (AvgIpc) is 3.14. The van der Waals surface area contributed by atoms with E-state index in [1.54, 1.807) is 17.5 Å². The van der Waals surface area contributed by atoms with Crippen molar-refractivity contribution in [2.24, 2.45) is 0 Å². The first-order valence-corrected chi connectivity index (χ1v) is 9.18. The molecule has 0 saturated heterocycles. The molecule has 120 valence electrons. The van der Waals surface area contributed by atoms with Crippen molar-refractivity contribution in [1.29, 1.82) is 0 Å². The van der Waals surface area contributed by atoms with Crippen LogP contribution in [0, 0.1) is 0 Å². The molecule has 0 bridgehead atoms. The fourth-order valence-electron chi connectivity index (χ4n) is 2.23. The Labute approximate surface area is 143 Å². The van der Waals surface area contributed by atoms with Crippen molar-refractivity contribution in [3.05, 3.63) is 41.0 Å². The quantitative estimate of drug-likeness (QED) is 0.742. The van der Waals surface area contributed by atoms with E-state index in [0.29, 0.717) is 11.4 Å². The molecule has 0 saturated carbocycles. The highest BCUT2D eigenvalue weighted by atomic mass is 32.1. The van der Waals surface area contributed by atoms with E-state index in [0.717, 1.165) is 33.4 Å². The van der Waals surface area contributed by atoms with Crippen molar-refractivity contribution in [3.63, 3.8) is 0 Å². The number of thiophene rings is 1. The van der Waals surface area contributed by atoms with Gasteiger partial charge >= 0.3 is 0 Å². The van der Waals surface area contributed by atoms with Gasteiger partial charge < -0.3 is 10.2 Å². The predicted octanol–water partition coefficient (Wildman–Crippen LogP) is 3.53. The van der Waals surface area contributed by atoms with Gasteiger partial charge in [0, 0.05) is 19.3 Å². The first-order chi connectivity index (χ1) is 11.2. The van der Waals surface area contributed by atoms with E-state index in [1.807, 2.05) is 24.3 Å². The first kappa shape index (κ1) is 15.9. The number of carbonyl (C=O) groups excluding carboxylic acids is 1. The summed E-state index contributed by atoms with van der Waals surface area (Å²) < 4.78 is 1.07. The SMILES string of the molecule is CCN(CC)c1nc2sc(C(=O)NCc3ccccn3)cc2s1. The lowest BCUT2D eigenvalue weighted by Crippen LogP contribution is -2.22. The first-order valence-electron chi connectivity index (χ1n) is 7.54. The summed E-state index contributed by atoms with van der Waals surface area (Å²) in [6.07, 6.45) is 1.72. The monoisotopic (exact) mass is 346 g/mol. The topological polar surface area (TPSA) is 58.1 Å². The molecule has 0 spiro atoms. The van der Waals surface area contributed by atoms with Gasteiger partial charge in [-0.05, 0) is 32.0 Å². The maximum atomic E-state index is 12.3. The maximum absolute atomic E-state index is 12.3. The molecule has 0 aromatic carbocycles. The molecule has 5 nitrogen and oxygen atoms in total. The molecule has 3 heterocycles. The summed E-state index contributed by atoms with van der Waals surface area (Å²) in [4.78, 5) is 24.9.